The fourth-order valence-corrected chi connectivity index (χ4v) is 5.92. The molecule has 5 heteroatoms. The highest BCUT2D eigenvalue weighted by Crippen LogP contribution is 2.57. The third-order valence-corrected chi connectivity index (χ3v) is 7.51. The van der Waals surface area contributed by atoms with Crippen LogP contribution in [-0.2, 0) is 0 Å². The van der Waals surface area contributed by atoms with Gasteiger partial charge < -0.3 is 10.0 Å². The molecule has 6 rings (SSSR count). The number of para-hydroxylation sites is 1. The number of rotatable bonds is 3. The van der Waals surface area contributed by atoms with Gasteiger partial charge in [-0.3, -0.25) is 4.79 Å². The van der Waals surface area contributed by atoms with Gasteiger partial charge in [0.2, 0.25) is 0 Å². The lowest BCUT2D eigenvalue weighted by Crippen LogP contribution is -2.44. The second-order valence-electron chi connectivity index (χ2n) is 9.23. The van der Waals surface area contributed by atoms with Crippen LogP contribution in [0.4, 0.5) is 5.69 Å². The first-order valence-corrected chi connectivity index (χ1v) is 11.8. The largest absolute Gasteiger partial charge is 0.508 e. The molecule has 0 amide bonds. The van der Waals surface area contributed by atoms with Crippen LogP contribution >= 0.6 is 0 Å². The highest BCUT2D eigenvalue weighted by Gasteiger charge is 2.63. The van der Waals surface area contributed by atoms with Crippen LogP contribution in [0.5, 0.6) is 5.75 Å². The molecule has 4 aromatic rings. The molecule has 4 aromatic carbocycles. The minimum Gasteiger partial charge on any atom is -0.508 e. The van der Waals surface area contributed by atoms with Crippen molar-refractivity contribution in [3.8, 4) is 17.9 Å². The summed E-state index contributed by atoms with van der Waals surface area (Å²) in [4.78, 5) is 16.2. The molecule has 0 bridgehead atoms. The van der Waals surface area contributed by atoms with Crippen molar-refractivity contribution in [2.24, 2.45) is 5.41 Å². The maximum Gasteiger partial charge on any atom is 0.185 e. The average Bonchev–Trinajstić information content (AvgIpc) is 3.24. The van der Waals surface area contributed by atoms with E-state index in [4.69, 9.17) is 0 Å². The van der Waals surface area contributed by atoms with Gasteiger partial charge >= 0.3 is 0 Å². The Morgan fingerprint density at radius 1 is 0.861 bits per heavy atom. The van der Waals surface area contributed by atoms with E-state index in [-0.39, 0.29) is 11.5 Å². The molecule has 2 aliphatic heterocycles. The van der Waals surface area contributed by atoms with Crippen molar-refractivity contribution in [1.29, 1.82) is 10.5 Å². The fraction of sp³-hybridized carbons (Fsp3) is 0.129. The monoisotopic (exact) mass is 467 g/mol. The molecule has 0 aromatic heterocycles. The number of phenols is 1. The zero-order valence-electron chi connectivity index (χ0n) is 19.2. The molecule has 1 N–H and O–H groups in total. The van der Waals surface area contributed by atoms with Gasteiger partial charge in [-0.25, -0.2) is 0 Å². The number of benzene rings is 4. The number of phenolic OH excluding ortho intramolecular Hbond substituents is 1. The molecule has 5 nitrogen and oxygen atoms in total. The molecule has 2 heterocycles. The van der Waals surface area contributed by atoms with Crippen LogP contribution in [-0.4, -0.2) is 23.0 Å². The van der Waals surface area contributed by atoms with Crippen molar-refractivity contribution >= 4 is 28.3 Å². The van der Waals surface area contributed by atoms with E-state index in [0.29, 0.717) is 11.1 Å². The summed E-state index contributed by atoms with van der Waals surface area (Å²) in [6.45, 7) is 0. The number of hydrogen-bond acceptors (Lipinski definition) is 5. The van der Waals surface area contributed by atoms with E-state index in [1.807, 2.05) is 59.5 Å². The van der Waals surface area contributed by atoms with Crippen LogP contribution < -0.4 is 4.90 Å². The molecule has 0 saturated carbocycles. The Labute approximate surface area is 208 Å². The Hall–Kier alpha value is -4.87. The Morgan fingerprint density at radius 2 is 1.56 bits per heavy atom. The fourth-order valence-electron chi connectivity index (χ4n) is 5.92. The molecule has 172 valence electrons. The molecule has 1 fully saturated rings. The van der Waals surface area contributed by atoms with Crippen LogP contribution in [0.2, 0.25) is 0 Å². The lowest BCUT2D eigenvalue weighted by Gasteiger charge is -2.36. The molecular formula is C31H21N3O2. The SMILES string of the molecule is N#CC1(C#N)C(c2ccccc2O)C(C(=O)c2ccccc2)N2c3ccc4ccccc4c3C=CC21. The van der Waals surface area contributed by atoms with Crippen molar-refractivity contribution in [1.82, 2.24) is 0 Å². The normalized spacial score (nSPS) is 21.3. The number of nitriles is 2. The summed E-state index contributed by atoms with van der Waals surface area (Å²) in [6, 6.07) is 30.6. The number of hydrogen-bond donors (Lipinski definition) is 1. The number of fused-ring (bicyclic) bond motifs is 5. The Morgan fingerprint density at radius 3 is 2.31 bits per heavy atom. The summed E-state index contributed by atoms with van der Waals surface area (Å²) in [7, 11) is 0. The number of anilines is 1. The van der Waals surface area contributed by atoms with Crippen molar-refractivity contribution in [3.63, 3.8) is 0 Å². The molecule has 3 atom stereocenters. The van der Waals surface area contributed by atoms with Crippen molar-refractivity contribution < 1.29 is 9.90 Å². The Bertz CT molecular complexity index is 1610. The molecule has 0 spiro atoms. The summed E-state index contributed by atoms with van der Waals surface area (Å²) in [5, 5.41) is 34.0. The van der Waals surface area contributed by atoms with Crippen LogP contribution in [0.1, 0.15) is 27.4 Å². The number of aromatic hydroxyl groups is 1. The van der Waals surface area contributed by atoms with Crippen LogP contribution in [0.25, 0.3) is 16.8 Å². The molecule has 1 saturated heterocycles. The van der Waals surface area contributed by atoms with E-state index in [9.17, 15) is 20.4 Å². The third-order valence-electron chi connectivity index (χ3n) is 7.51. The lowest BCUT2D eigenvalue weighted by molar-refractivity contribution is 0.0950. The minimum absolute atomic E-state index is 0.0363. The van der Waals surface area contributed by atoms with Crippen LogP contribution in [0.15, 0.2) is 97.1 Å². The molecule has 2 aliphatic rings. The van der Waals surface area contributed by atoms with Crippen molar-refractivity contribution in [2.75, 3.05) is 4.90 Å². The van der Waals surface area contributed by atoms with E-state index < -0.39 is 23.4 Å². The predicted molar refractivity (Wildman–Crippen MR) is 138 cm³/mol. The second-order valence-corrected chi connectivity index (χ2v) is 9.23. The Balaban J connectivity index is 1.67. The number of carbonyl (C=O) groups excluding carboxylic acids is 1. The van der Waals surface area contributed by atoms with Gasteiger partial charge in [0.1, 0.15) is 11.8 Å². The van der Waals surface area contributed by atoms with E-state index in [1.54, 1.807) is 42.5 Å². The standard InChI is InChI=1S/C31H21N3O2/c32-18-31(19-33)27-17-15-23-22-11-5-4-8-20(22)14-16-25(23)34(27)29(30(36)21-9-2-1-3-10-21)28(31)24-12-6-7-13-26(24)35/h1-17,27-29,35H. The first kappa shape index (κ1) is 21.6. The maximum atomic E-state index is 14.2. The average molecular weight is 468 g/mol. The summed E-state index contributed by atoms with van der Waals surface area (Å²) < 4.78 is 0. The van der Waals surface area contributed by atoms with Gasteiger partial charge in [-0.2, -0.15) is 10.5 Å². The van der Waals surface area contributed by atoms with Crippen LogP contribution in [0.3, 0.4) is 0 Å². The molecule has 0 aliphatic carbocycles. The van der Waals surface area contributed by atoms with E-state index in [0.717, 1.165) is 22.0 Å². The lowest BCUT2D eigenvalue weighted by atomic mass is 9.69. The second kappa shape index (κ2) is 8.12. The number of Topliss-reactive ketones (excluding diaryl/α,β-unsaturated/α-hetero) is 1. The van der Waals surface area contributed by atoms with Crippen molar-refractivity contribution in [3.05, 3.63) is 114 Å². The highest BCUT2D eigenvalue weighted by molar-refractivity contribution is 6.06. The van der Waals surface area contributed by atoms with E-state index in [2.05, 4.69) is 12.1 Å². The summed E-state index contributed by atoms with van der Waals surface area (Å²) in [5.41, 5.74) is 1.04. The Kier molecular flexibility index (Phi) is 4.88. The zero-order valence-corrected chi connectivity index (χ0v) is 19.2. The predicted octanol–water partition coefficient (Wildman–Crippen LogP) is 5.83. The zero-order chi connectivity index (χ0) is 24.9. The van der Waals surface area contributed by atoms with Gasteiger partial charge in [-0.15, -0.1) is 0 Å². The minimum atomic E-state index is -1.60. The van der Waals surface area contributed by atoms with Gasteiger partial charge in [0, 0.05) is 28.3 Å². The first-order chi connectivity index (χ1) is 17.6. The van der Waals surface area contributed by atoms with Gasteiger partial charge in [0.15, 0.2) is 11.2 Å². The highest BCUT2D eigenvalue weighted by atomic mass is 16.3. The maximum absolute atomic E-state index is 14.2. The topological polar surface area (TPSA) is 88.1 Å². The van der Waals surface area contributed by atoms with Gasteiger partial charge in [0.05, 0.1) is 18.2 Å². The van der Waals surface area contributed by atoms with Gasteiger partial charge in [-0.1, -0.05) is 91.0 Å². The number of ketones is 1. The molecular weight excluding hydrogens is 446 g/mol. The van der Waals surface area contributed by atoms with E-state index >= 15 is 0 Å². The quantitative estimate of drug-likeness (QED) is 0.383. The third kappa shape index (κ3) is 2.90. The summed E-state index contributed by atoms with van der Waals surface area (Å²) in [6.07, 6.45) is 3.83. The summed E-state index contributed by atoms with van der Waals surface area (Å²) in [5.74, 6) is -1.12. The van der Waals surface area contributed by atoms with Gasteiger partial charge in [-0.05, 0) is 22.9 Å². The number of nitrogens with zero attached hydrogens (tertiary/aromatic N) is 3. The van der Waals surface area contributed by atoms with Gasteiger partial charge in [0.25, 0.3) is 0 Å². The molecule has 0 radical (unpaired) electrons. The molecule has 36 heavy (non-hydrogen) atoms. The smallest absolute Gasteiger partial charge is 0.185 e. The summed E-state index contributed by atoms with van der Waals surface area (Å²) >= 11 is 0. The number of carbonyl (C=O) groups is 1. The van der Waals surface area contributed by atoms with Crippen LogP contribution in [0, 0.1) is 28.1 Å². The van der Waals surface area contributed by atoms with E-state index in [1.165, 1.54) is 6.07 Å². The van der Waals surface area contributed by atoms with Crippen molar-refractivity contribution in [2.45, 2.75) is 18.0 Å². The molecule has 3 unspecified atom stereocenters. The first-order valence-electron chi connectivity index (χ1n) is 11.8.